The van der Waals surface area contributed by atoms with Crippen molar-refractivity contribution in [2.24, 2.45) is 10.1 Å². The maximum atomic E-state index is 6.21. The summed E-state index contributed by atoms with van der Waals surface area (Å²) in [5.41, 5.74) is 2.92. The fourth-order valence-corrected chi connectivity index (χ4v) is 3.35. The minimum Gasteiger partial charge on any atom is -0.338 e. The first-order chi connectivity index (χ1) is 11.4. The highest BCUT2D eigenvalue weighted by Crippen LogP contribution is 2.40. The Balaban J connectivity index is 2.05. The largest absolute Gasteiger partial charge is 0.338 e. The predicted molar refractivity (Wildman–Crippen MR) is 102 cm³/mol. The van der Waals surface area contributed by atoms with E-state index >= 15 is 0 Å². The second kappa shape index (κ2) is 6.90. The number of likely N-dealkylation sites (N-methyl/N-ethyl adjacent to an activating group) is 1. The van der Waals surface area contributed by atoms with Gasteiger partial charge in [0.25, 0.3) is 0 Å². The molecule has 0 amide bonds. The standard InChI is InChI=1S/C17H23Cl2N5/c1-11(2)21-24-12(3)13-9-14(18)15(19)10-16(13)20-17(24)23-7-5-22(4)6-8-23/h9-10,12H,5-8H2,1-4H3. The lowest BCUT2D eigenvalue weighted by molar-refractivity contribution is 0.186. The Morgan fingerprint density at radius 2 is 1.75 bits per heavy atom. The van der Waals surface area contributed by atoms with E-state index in [4.69, 9.17) is 33.3 Å². The number of fused-ring (bicyclic) bond motifs is 1. The van der Waals surface area contributed by atoms with Crippen LogP contribution < -0.4 is 0 Å². The van der Waals surface area contributed by atoms with Gasteiger partial charge in [0.1, 0.15) is 0 Å². The van der Waals surface area contributed by atoms with Crippen LogP contribution in [0.1, 0.15) is 32.4 Å². The molecule has 130 valence electrons. The second-order valence-corrected chi connectivity index (χ2v) is 7.41. The van der Waals surface area contributed by atoms with Gasteiger partial charge in [0, 0.05) is 37.5 Å². The molecule has 1 unspecified atom stereocenters. The molecule has 0 aromatic heterocycles. The number of hydrazone groups is 1. The summed E-state index contributed by atoms with van der Waals surface area (Å²) in [5.74, 6) is 0.891. The molecular formula is C17H23Cl2N5. The van der Waals surface area contributed by atoms with Crippen LogP contribution in [-0.2, 0) is 0 Å². The van der Waals surface area contributed by atoms with Crippen LogP contribution in [0.15, 0.2) is 22.2 Å². The Morgan fingerprint density at radius 1 is 1.12 bits per heavy atom. The summed E-state index contributed by atoms with van der Waals surface area (Å²) >= 11 is 12.4. The molecule has 2 aliphatic rings. The molecule has 5 nitrogen and oxygen atoms in total. The van der Waals surface area contributed by atoms with E-state index in [2.05, 4.69) is 23.8 Å². The van der Waals surface area contributed by atoms with E-state index in [1.165, 1.54) is 0 Å². The van der Waals surface area contributed by atoms with Gasteiger partial charge in [-0.2, -0.15) is 5.10 Å². The van der Waals surface area contributed by atoms with Crippen molar-refractivity contribution in [2.45, 2.75) is 26.8 Å². The molecule has 0 N–H and O–H groups in total. The fourth-order valence-electron chi connectivity index (χ4n) is 3.02. The minimum atomic E-state index is 0.0526. The highest BCUT2D eigenvalue weighted by Gasteiger charge is 2.32. The van der Waals surface area contributed by atoms with Gasteiger partial charge in [-0.15, -0.1) is 0 Å². The molecule has 0 aliphatic carbocycles. The molecule has 0 bridgehead atoms. The molecule has 2 aliphatic heterocycles. The Labute approximate surface area is 153 Å². The molecule has 7 heteroatoms. The summed E-state index contributed by atoms with van der Waals surface area (Å²) in [6, 6.07) is 3.81. The Kier molecular flexibility index (Phi) is 5.04. The fraction of sp³-hybridized carbons (Fsp3) is 0.529. The third-order valence-corrected chi connectivity index (χ3v) is 5.13. The van der Waals surface area contributed by atoms with Crippen LogP contribution in [0.25, 0.3) is 0 Å². The van der Waals surface area contributed by atoms with Gasteiger partial charge in [0.2, 0.25) is 5.96 Å². The lowest BCUT2D eigenvalue weighted by atomic mass is 10.0. The highest BCUT2D eigenvalue weighted by molar-refractivity contribution is 6.42. The zero-order chi connectivity index (χ0) is 17.4. The summed E-state index contributed by atoms with van der Waals surface area (Å²) < 4.78 is 0. The molecule has 1 saturated heterocycles. The van der Waals surface area contributed by atoms with Crippen LogP contribution >= 0.6 is 23.2 Å². The van der Waals surface area contributed by atoms with Crippen LogP contribution in [0.4, 0.5) is 5.69 Å². The zero-order valence-corrected chi connectivity index (χ0v) is 16.1. The van der Waals surface area contributed by atoms with Crippen molar-refractivity contribution < 1.29 is 0 Å². The summed E-state index contributed by atoms with van der Waals surface area (Å²) in [7, 11) is 2.14. The average molecular weight is 368 g/mol. The van der Waals surface area contributed by atoms with Gasteiger partial charge in [-0.1, -0.05) is 23.2 Å². The quantitative estimate of drug-likeness (QED) is 0.703. The van der Waals surface area contributed by atoms with Crippen molar-refractivity contribution in [3.05, 3.63) is 27.7 Å². The minimum absolute atomic E-state index is 0.0526. The summed E-state index contributed by atoms with van der Waals surface area (Å²) in [4.78, 5) is 9.51. The average Bonchev–Trinajstić information content (AvgIpc) is 2.53. The van der Waals surface area contributed by atoms with Crippen molar-refractivity contribution in [1.82, 2.24) is 14.8 Å². The van der Waals surface area contributed by atoms with E-state index in [-0.39, 0.29) is 6.04 Å². The van der Waals surface area contributed by atoms with E-state index in [0.29, 0.717) is 10.0 Å². The maximum Gasteiger partial charge on any atom is 0.223 e. The van der Waals surface area contributed by atoms with Gasteiger partial charge in [-0.3, -0.25) is 0 Å². The molecule has 24 heavy (non-hydrogen) atoms. The Hall–Kier alpha value is -1.30. The van der Waals surface area contributed by atoms with Crippen LogP contribution in [0.5, 0.6) is 0 Å². The monoisotopic (exact) mass is 367 g/mol. The van der Waals surface area contributed by atoms with Gasteiger partial charge in [-0.25, -0.2) is 10.0 Å². The summed E-state index contributed by atoms with van der Waals surface area (Å²) in [6.45, 7) is 10.0. The SMILES string of the molecule is CC(C)=NN1C(N2CCN(C)CC2)=Nc2cc(Cl)c(Cl)cc2C1C. The molecule has 1 aromatic rings. The summed E-state index contributed by atoms with van der Waals surface area (Å²) in [5, 5.41) is 7.83. The zero-order valence-electron chi connectivity index (χ0n) is 14.6. The smallest absolute Gasteiger partial charge is 0.223 e. The van der Waals surface area contributed by atoms with E-state index in [9.17, 15) is 0 Å². The molecule has 2 heterocycles. The Bertz CT molecular complexity index is 688. The number of rotatable bonds is 1. The number of piperazine rings is 1. The third-order valence-electron chi connectivity index (χ3n) is 4.41. The lowest BCUT2D eigenvalue weighted by Gasteiger charge is -2.41. The van der Waals surface area contributed by atoms with E-state index in [1.807, 2.05) is 31.0 Å². The first-order valence-electron chi connectivity index (χ1n) is 8.19. The Morgan fingerprint density at radius 3 is 2.38 bits per heavy atom. The van der Waals surface area contributed by atoms with Gasteiger partial charge >= 0.3 is 0 Å². The van der Waals surface area contributed by atoms with Crippen LogP contribution in [0, 0.1) is 0 Å². The molecule has 1 atom stereocenters. The van der Waals surface area contributed by atoms with Crippen molar-refractivity contribution in [1.29, 1.82) is 0 Å². The normalized spacial score (nSPS) is 21.4. The van der Waals surface area contributed by atoms with Crippen LogP contribution in [0.2, 0.25) is 10.0 Å². The first kappa shape index (κ1) is 17.5. The predicted octanol–water partition coefficient (Wildman–Crippen LogP) is 4.00. The third kappa shape index (κ3) is 3.39. The molecular weight excluding hydrogens is 345 g/mol. The number of benzene rings is 1. The second-order valence-electron chi connectivity index (χ2n) is 6.60. The molecule has 0 saturated carbocycles. The van der Waals surface area contributed by atoms with Gasteiger partial charge in [-0.05, 0) is 40.0 Å². The van der Waals surface area contributed by atoms with Crippen molar-refractivity contribution in [3.63, 3.8) is 0 Å². The van der Waals surface area contributed by atoms with E-state index in [1.54, 1.807) is 0 Å². The molecule has 0 radical (unpaired) electrons. The molecule has 0 spiro atoms. The number of aliphatic imine (C=N–C) groups is 1. The van der Waals surface area contributed by atoms with E-state index < -0.39 is 0 Å². The van der Waals surface area contributed by atoms with Crippen LogP contribution in [0.3, 0.4) is 0 Å². The van der Waals surface area contributed by atoms with E-state index in [0.717, 1.165) is 49.1 Å². The van der Waals surface area contributed by atoms with Crippen molar-refractivity contribution >= 4 is 40.6 Å². The topological polar surface area (TPSA) is 34.4 Å². The number of hydrogen-bond donors (Lipinski definition) is 0. The molecule has 1 fully saturated rings. The van der Waals surface area contributed by atoms with Gasteiger partial charge in [0.05, 0.1) is 21.8 Å². The number of guanidine groups is 1. The summed E-state index contributed by atoms with van der Waals surface area (Å²) in [6.07, 6.45) is 0. The van der Waals surface area contributed by atoms with Crippen molar-refractivity contribution in [3.8, 4) is 0 Å². The van der Waals surface area contributed by atoms with Crippen molar-refractivity contribution in [2.75, 3.05) is 33.2 Å². The first-order valence-corrected chi connectivity index (χ1v) is 8.94. The van der Waals surface area contributed by atoms with Gasteiger partial charge in [0.15, 0.2) is 0 Å². The number of hydrogen-bond acceptors (Lipinski definition) is 5. The maximum absolute atomic E-state index is 6.21. The lowest BCUT2D eigenvalue weighted by Crippen LogP contribution is -2.52. The molecule has 1 aromatic carbocycles. The van der Waals surface area contributed by atoms with Crippen LogP contribution in [-0.4, -0.2) is 59.7 Å². The molecule has 3 rings (SSSR count). The van der Waals surface area contributed by atoms with Gasteiger partial charge < -0.3 is 9.80 Å². The number of nitrogens with zero attached hydrogens (tertiary/aromatic N) is 5. The number of halogens is 2. The highest BCUT2D eigenvalue weighted by atomic mass is 35.5.